The van der Waals surface area contributed by atoms with Crippen LogP contribution in [0.25, 0.3) is 0 Å². The summed E-state index contributed by atoms with van der Waals surface area (Å²) in [5.41, 5.74) is 0. The third-order valence-electron chi connectivity index (χ3n) is 1.72. The van der Waals surface area contributed by atoms with Gasteiger partial charge in [-0.2, -0.15) is 0 Å². The van der Waals surface area contributed by atoms with E-state index in [9.17, 15) is 0 Å². The first kappa shape index (κ1) is 20.9. The van der Waals surface area contributed by atoms with Gasteiger partial charge in [0.1, 0.15) is 0 Å². The quantitative estimate of drug-likeness (QED) is 0.386. The van der Waals surface area contributed by atoms with Crippen LogP contribution < -0.4 is 0 Å². The molecule has 0 fully saturated rings. The maximum atomic E-state index is 8.64. The standard InChI is InChI=1S/C8H17O2.C3H8O.Ti/c1-2-8(7-10)5-3-4-6-9;1-3(2)4;/h7-10H,2-6H2,1H3;3-4H,1-2H3;/q-1;;. The van der Waals surface area contributed by atoms with Gasteiger partial charge in [0.15, 0.2) is 0 Å². The predicted molar refractivity (Wildman–Crippen MR) is 58.3 cm³/mol. The molecule has 0 saturated carbocycles. The molecular formula is C11H25O3Ti-. The van der Waals surface area contributed by atoms with Crippen molar-refractivity contribution in [2.45, 2.75) is 52.6 Å². The number of hydrogen-bond donors (Lipinski definition) is 3. The number of aliphatic hydroxyl groups excluding tert-OH is 3. The van der Waals surface area contributed by atoms with Gasteiger partial charge in [-0.3, -0.25) is 0 Å². The van der Waals surface area contributed by atoms with Gasteiger partial charge in [-0.1, -0.05) is 26.2 Å². The van der Waals surface area contributed by atoms with Crippen molar-refractivity contribution >= 4 is 0 Å². The van der Waals surface area contributed by atoms with Crippen LogP contribution in [0.5, 0.6) is 0 Å². The normalized spacial score (nSPS) is 11.4. The van der Waals surface area contributed by atoms with E-state index in [1.54, 1.807) is 13.8 Å². The predicted octanol–water partition coefficient (Wildman–Crippen LogP) is 2.09. The smallest absolute Gasteiger partial charge is 0.0483 e. The Morgan fingerprint density at radius 3 is 1.93 bits per heavy atom. The van der Waals surface area contributed by atoms with Crippen molar-refractivity contribution in [3.05, 3.63) is 6.61 Å². The molecule has 0 aliphatic carbocycles. The van der Waals surface area contributed by atoms with Crippen LogP contribution in [0.15, 0.2) is 0 Å². The minimum atomic E-state index is -0.167. The summed E-state index contributed by atoms with van der Waals surface area (Å²) in [7, 11) is 0. The van der Waals surface area contributed by atoms with Gasteiger partial charge in [0.25, 0.3) is 0 Å². The molecule has 3 N–H and O–H groups in total. The van der Waals surface area contributed by atoms with Gasteiger partial charge in [-0.15, -0.1) is 5.92 Å². The van der Waals surface area contributed by atoms with Gasteiger partial charge in [-0.25, -0.2) is 6.61 Å². The first-order valence-electron chi connectivity index (χ1n) is 5.34. The summed E-state index contributed by atoms with van der Waals surface area (Å²) in [5, 5.41) is 25.1. The Morgan fingerprint density at radius 2 is 1.67 bits per heavy atom. The van der Waals surface area contributed by atoms with Crippen LogP contribution in [-0.2, 0) is 21.7 Å². The second-order valence-corrected chi connectivity index (χ2v) is 3.63. The maximum Gasteiger partial charge on any atom is 0.0483 e. The Hall–Kier alpha value is 0.594. The molecular weight excluding hydrogens is 228 g/mol. The molecule has 0 aromatic heterocycles. The average Bonchev–Trinajstić information content (AvgIpc) is 2.12. The Bertz CT molecular complexity index is 93.1. The second kappa shape index (κ2) is 17.0. The van der Waals surface area contributed by atoms with Crippen molar-refractivity contribution in [1.29, 1.82) is 0 Å². The molecule has 1 atom stereocenters. The molecule has 0 aromatic rings. The van der Waals surface area contributed by atoms with E-state index in [0.29, 0.717) is 5.92 Å². The largest absolute Gasteiger partial charge is 0.566 e. The topological polar surface area (TPSA) is 60.7 Å². The van der Waals surface area contributed by atoms with E-state index in [2.05, 4.69) is 6.92 Å². The van der Waals surface area contributed by atoms with Gasteiger partial charge in [0.2, 0.25) is 0 Å². The zero-order chi connectivity index (χ0) is 11.4. The fourth-order valence-electron chi connectivity index (χ4n) is 0.902. The third kappa shape index (κ3) is 25.1. The van der Waals surface area contributed by atoms with Crippen molar-refractivity contribution in [2.75, 3.05) is 6.61 Å². The van der Waals surface area contributed by atoms with E-state index < -0.39 is 0 Å². The molecule has 0 saturated heterocycles. The zero-order valence-electron chi connectivity index (χ0n) is 10.1. The molecule has 0 aliphatic rings. The number of hydrogen-bond acceptors (Lipinski definition) is 3. The molecule has 92 valence electrons. The first-order chi connectivity index (χ1) is 6.58. The third-order valence-corrected chi connectivity index (χ3v) is 1.72. The molecule has 0 aromatic carbocycles. The van der Waals surface area contributed by atoms with Gasteiger partial charge in [0.05, 0.1) is 0 Å². The summed E-state index contributed by atoms with van der Waals surface area (Å²) in [5.74, 6) is 0.326. The summed E-state index contributed by atoms with van der Waals surface area (Å²) < 4.78 is 0. The van der Waals surface area contributed by atoms with Crippen molar-refractivity contribution < 1.29 is 37.0 Å². The Labute approximate surface area is 109 Å². The van der Waals surface area contributed by atoms with Crippen LogP contribution in [0.3, 0.4) is 0 Å². The van der Waals surface area contributed by atoms with Crippen molar-refractivity contribution in [3.63, 3.8) is 0 Å². The van der Waals surface area contributed by atoms with E-state index in [1.165, 1.54) is 6.61 Å². The molecule has 0 rings (SSSR count). The number of rotatable bonds is 6. The maximum absolute atomic E-state index is 8.64. The van der Waals surface area contributed by atoms with Crippen LogP contribution in [0.4, 0.5) is 0 Å². The summed E-state index contributed by atoms with van der Waals surface area (Å²) in [6.07, 6.45) is 3.67. The van der Waals surface area contributed by atoms with Crippen LogP contribution in [0.1, 0.15) is 46.5 Å². The molecule has 0 bridgehead atoms. The molecule has 0 radical (unpaired) electrons. The van der Waals surface area contributed by atoms with Crippen LogP contribution in [0, 0.1) is 12.5 Å². The van der Waals surface area contributed by atoms with Crippen LogP contribution in [0.2, 0.25) is 0 Å². The molecule has 4 heteroatoms. The van der Waals surface area contributed by atoms with Gasteiger partial charge in [-0.05, 0) is 20.3 Å². The number of unbranched alkanes of at least 4 members (excludes halogenated alkanes) is 1. The summed E-state index contributed by atoms with van der Waals surface area (Å²) >= 11 is 0. The monoisotopic (exact) mass is 253 g/mol. The fourth-order valence-corrected chi connectivity index (χ4v) is 0.902. The Morgan fingerprint density at radius 1 is 1.20 bits per heavy atom. The summed E-state index contributed by atoms with van der Waals surface area (Å²) in [6.45, 7) is 7.02. The van der Waals surface area contributed by atoms with Crippen LogP contribution in [-0.4, -0.2) is 28.0 Å². The van der Waals surface area contributed by atoms with Gasteiger partial charge >= 0.3 is 0 Å². The zero-order valence-corrected chi connectivity index (χ0v) is 11.7. The van der Waals surface area contributed by atoms with Gasteiger partial charge < -0.3 is 15.3 Å². The van der Waals surface area contributed by atoms with Crippen LogP contribution >= 0.6 is 0 Å². The molecule has 3 nitrogen and oxygen atoms in total. The summed E-state index contributed by atoms with van der Waals surface area (Å²) in [6, 6.07) is 0. The van der Waals surface area contributed by atoms with E-state index in [1.807, 2.05) is 0 Å². The Kier molecular flexibility index (Phi) is 23.7. The van der Waals surface area contributed by atoms with Crippen molar-refractivity contribution in [1.82, 2.24) is 0 Å². The minimum absolute atomic E-state index is 0. The second-order valence-electron chi connectivity index (χ2n) is 3.63. The van der Waals surface area contributed by atoms with E-state index in [4.69, 9.17) is 15.3 Å². The molecule has 0 spiro atoms. The average molecular weight is 253 g/mol. The van der Waals surface area contributed by atoms with Crippen molar-refractivity contribution in [3.8, 4) is 0 Å². The summed E-state index contributed by atoms with van der Waals surface area (Å²) in [4.78, 5) is 0. The molecule has 0 amide bonds. The molecule has 15 heavy (non-hydrogen) atoms. The van der Waals surface area contributed by atoms with Crippen molar-refractivity contribution in [2.24, 2.45) is 5.92 Å². The fraction of sp³-hybridized carbons (Fsp3) is 0.909. The SMILES string of the molecule is CC(C)O.CCC([CH-]O)CCCCO.[Ti]. The van der Waals surface area contributed by atoms with E-state index >= 15 is 0 Å². The Balaban J connectivity index is -0.000000249. The first-order valence-corrected chi connectivity index (χ1v) is 5.34. The minimum Gasteiger partial charge on any atom is -0.566 e. The molecule has 0 heterocycles. The van der Waals surface area contributed by atoms with E-state index in [-0.39, 0.29) is 34.4 Å². The van der Waals surface area contributed by atoms with E-state index in [0.717, 1.165) is 25.7 Å². The van der Waals surface area contributed by atoms with Gasteiger partial charge in [0, 0.05) is 34.4 Å². The number of aliphatic hydroxyl groups is 3. The molecule has 0 aliphatic heterocycles. The molecule has 1 unspecified atom stereocenters.